The van der Waals surface area contributed by atoms with Gasteiger partial charge in [-0.1, -0.05) is 18.2 Å². The highest BCUT2D eigenvalue weighted by Crippen LogP contribution is 2.29. The van der Waals surface area contributed by atoms with Crippen molar-refractivity contribution in [3.63, 3.8) is 0 Å². The van der Waals surface area contributed by atoms with Gasteiger partial charge in [0.15, 0.2) is 0 Å². The number of hydrogen-bond donors (Lipinski definition) is 1. The van der Waals surface area contributed by atoms with E-state index in [1.807, 2.05) is 49.6 Å². The molecule has 2 heterocycles. The fourth-order valence-electron chi connectivity index (χ4n) is 2.80. The van der Waals surface area contributed by atoms with E-state index in [0.717, 1.165) is 33.4 Å². The Labute approximate surface area is 144 Å². The number of primary amides is 1. The Kier molecular flexibility index (Phi) is 4.40. The largest absolute Gasteiger partial charge is 0.496 e. The van der Waals surface area contributed by atoms with Crippen LogP contribution in [0.25, 0.3) is 11.4 Å². The molecule has 0 fully saturated rings. The highest BCUT2D eigenvalue weighted by molar-refractivity contribution is 7.09. The van der Waals surface area contributed by atoms with E-state index >= 15 is 0 Å². The van der Waals surface area contributed by atoms with Gasteiger partial charge in [0.2, 0.25) is 0 Å². The molecule has 2 N–H and O–H groups in total. The van der Waals surface area contributed by atoms with Crippen LogP contribution >= 0.6 is 11.3 Å². The molecular weight excluding hydrogens is 322 g/mol. The molecule has 3 aromatic rings. The predicted octanol–water partition coefficient (Wildman–Crippen LogP) is 3.38. The molecular formula is C18H19N3O2S. The number of para-hydroxylation sites is 1. The molecule has 0 bridgehead atoms. The summed E-state index contributed by atoms with van der Waals surface area (Å²) in [5.74, 6) is 0.381. The summed E-state index contributed by atoms with van der Waals surface area (Å²) in [5.41, 5.74) is 9.65. The second-order valence-electron chi connectivity index (χ2n) is 5.54. The lowest BCUT2D eigenvalue weighted by Gasteiger charge is -2.13. The molecule has 0 saturated heterocycles. The number of methoxy groups -OCH3 is 1. The number of carbonyl (C=O) groups is 1. The first-order valence-corrected chi connectivity index (χ1v) is 8.43. The predicted molar refractivity (Wildman–Crippen MR) is 95.6 cm³/mol. The van der Waals surface area contributed by atoms with Crippen molar-refractivity contribution in [3.8, 4) is 17.1 Å². The van der Waals surface area contributed by atoms with Crippen molar-refractivity contribution >= 4 is 17.2 Å². The minimum absolute atomic E-state index is 0.431. The van der Waals surface area contributed by atoms with Gasteiger partial charge in [0.05, 0.1) is 35.6 Å². The summed E-state index contributed by atoms with van der Waals surface area (Å²) in [5, 5.41) is 2.97. The molecule has 0 spiro atoms. The van der Waals surface area contributed by atoms with Crippen LogP contribution in [0.4, 0.5) is 0 Å². The molecule has 5 nitrogen and oxygen atoms in total. The maximum Gasteiger partial charge on any atom is 0.250 e. The molecule has 0 unspecified atom stereocenters. The lowest BCUT2D eigenvalue weighted by Crippen LogP contribution is -2.13. The summed E-state index contributed by atoms with van der Waals surface area (Å²) < 4.78 is 7.50. The van der Waals surface area contributed by atoms with Crippen molar-refractivity contribution in [2.45, 2.75) is 20.4 Å². The fraction of sp³-hybridized carbons (Fsp3) is 0.222. The van der Waals surface area contributed by atoms with Crippen LogP contribution in [-0.4, -0.2) is 22.6 Å². The average molecular weight is 341 g/mol. The van der Waals surface area contributed by atoms with E-state index in [1.54, 1.807) is 18.4 Å². The Bertz CT molecular complexity index is 896. The van der Waals surface area contributed by atoms with Crippen LogP contribution in [0.3, 0.4) is 0 Å². The van der Waals surface area contributed by atoms with E-state index in [1.165, 1.54) is 0 Å². The van der Waals surface area contributed by atoms with Crippen molar-refractivity contribution in [1.29, 1.82) is 0 Å². The molecule has 1 aromatic carbocycles. The highest BCUT2D eigenvalue weighted by atomic mass is 32.1. The lowest BCUT2D eigenvalue weighted by molar-refractivity contribution is 0.0999. The average Bonchev–Trinajstić information content (AvgIpc) is 3.12. The molecule has 0 aliphatic heterocycles. The normalized spacial score (nSPS) is 10.8. The monoisotopic (exact) mass is 341 g/mol. The summed E-state index contributed by atoms with van der Waals surface area (Å²) >= 11 is 1.58. The second kappa shape index (κ2) is 6.49. The van der Waals surface area contributed by atoms with Gasteiger partial charge in [-0.05, 0) is 26.0 Å². The first kappa shape index (κ1) is 16.3. The van der Waals surface area contributed by atoms with Crippen LogP contribution in [-0.2, 0) is 6.54 Å². The lowest BCUT2D eigenvalue weighted by atomic mass is 10.2. The van der Waals surface area contributed by atoms with Gasteiger partial charge in [0.25, 0.3) is 5.91 Å². The van der Waals surface area contributed by atoms with Gasteiger partial charge in [-0.2, -0.15) is 0 Å². The summed E-state index contributed by atoms with van der Waals surface area (Å²) in [6.45, 7) is 4.44. The number of aromatic nitrogens is 2. The van der Waals surface area contributed by atoms with Crippen LogP contribution in [0.15, 0.2) is 35.7 Å². The summed E-state index contributed by atoms with van der Waals surface area (Å²) in [6.07, 6.45) is 0. The first-order valence-electron chi connectivity index (χ1n) is 7.55. The topological polar surface area (TPSA) is 70.1 Å². The highest BCUT2D eigenvalue weighted by Gasteiger charge is 2.19. The molecule has 0 aliphatic rings. The third kappa shape index (κ3) is 2.92. The third-order valence-corrected chi connectivity index (χ3v) is 4.81. The van der Waals surface area contributed by atoms with Crippen LogP contribution < -0.4 is 10.5 Å². The summed E-state index contributed by atoms with van der Waals surface area (Å²) in [7, 11) is 1.65. The Morgan fingerprint density at radius 1 is 1.33 bits per heavy atom. The van der Waals surface area contributed by atoms with E-state index < -0.39 is 5.91 Å². The molecule has 0 aliphatic carbocycles. The smallest absolute Gasteiger partial charge is 0.250 e. The van der Waals surface area contributed by atoms with Crippen molar-refractivity contribution in [2.24, 2.45) is 5.73 Å². The fourth-order valence-corrected chi connectivity index (χ4v) is 3.40. The maximum absolute atomic E-state index is 11.8. The first-order chi connectivity index (χ1) is 11.5. The minimum Gasteiger partial charge on any atom is -0.496 e. The number of ether oxygens (including phenoxy) is 1. The molecule has 6 heteroatoms. The van der Waals surface area contributed by atoms with E-state index in [-0.39, 0.29) is 0 Å². The number of benzene rings is 1. The van der Waals surface area contributed by atoms with Crippen LogP contribution in [0, 0.1) is 13.8 Å². The van der Waals surface area contributed by atoms with E-state index in [9.17, 15) is 4.79 Å². The molecule has 1 amide bonds. The Morgan fingerprint density at radius 3 is 2.71 bits per heavy atom. The molecule has 24 heavy (non-hydrogen) atoms. The standard InChI is InChI=1S/C18H19N3O2S/c1-11-14(18(19)22)8-16(15-10-24-12(2)20-15)21(11)9-13-6-4-5-7-17(13)23-3/h4-8,10H,9H2,1-3H3,(H2,19,22). The van der Waals surface area contributed by atoms with E-state index in [0.29, 0.717) is 12.1 Å². The quantitative estimate of drug-likeness (QED) is 0.773. The molecule has 0 radical (unpaired) electrons. The van der Waals surface area contributed by atoms with Gasteiger partial charge in [0, 0.05) is 16.6 Å². The van der Waals surface area contributed by atoms with Gasteiger partial charge in [-0.15, -0.1) is 11.3 Å². The van der Waals surface area contributed by atoms with Crippen molar-refractivity contribution in [2.75, 3.05) is 7.11 Å². The number of aryl methyl sites for hydroxylation is 1. The zero-order valence-electron chi connectivity index (χ0n) is 13.9. The number of hydrogen-bond acceptors (Lipinski definition) is 4. The zero-order valence-corrected chi connectivity index (χ0v) is 14.7. The van der Waals surface area contributed by atoms with Crippen molar-refractivity contribution < 1.29 is 9.53 Å². The second-order valence-corrected chi connectivity index (χ2v) is 6.60. The molecule has 2 aromatic heterocycles. The Morgan fingerprint density at radius 2 is 2.08 bits per heavy atom. The zero-order chi connectivity index (χ0) is 17.3. The van der Waals surface area contributed by atoms with Gasteiger partial charge < -0.3 is 15.0 Å². The van der Waals surface area contributed by atoms with Gasteiger partial charge in [-0.3, -0.25) is 4.79 Å². The Balaban J connectivity index is 2.13. The number of nitrogens with two attached hydrogens (primary N) is 1. The van der Waals surface area contributed by atoms with Crippen LogP contribution in [0.1, 0.15) is 26.6 Å². The third-order valence-electron chi connectivity index (χ3n) is 4.03. The maximum atomic E-state index is 11.8. The SMILES string of the molecule is COc1ccccc1Cn1c(-c2csc(C)n2)cc(C(N)=O)c1C. The summed E-state index contributed by atoms with van der Waals surface area (Å²) in [4.78, 5) is 16.3. The number of amides is 1. The van der Waals surface area contributed by atoms with Crippen LogP contribution in [0.5, 0.6) is 5.75 Å². The molecule has 124 valence electrons. The number of carbonyl (C=O) groups excluding carboxylic acids is 1. The van der Waals surface area contributed by atoms with Crippen LogP contribution in [0.2, 0.25) is 0 Å². The van der Waals surface area contributed by atoms with Crippen molar-refractivity contribution in [1.82, 2.24) is 9.55 Å². The van der Waals surface area contributed by atoms with Gasteiger partial charge in [-0.25, -0.2) is 4.98 Å². The minimum atomic E-state index is -0.431. The molecule has 3 rings (SSSR count). The number of thiazole rings is 1. The van der Waals surface area contributed by atoms with E-state index in [2.05, 4.69) is 9.55 Å². The van der Waals surface area contributed by atoms with E-state index in [4.69, 9.17) is 10.5 Å². The molecule has 0 atom stereocenters. The number of nitrogens with zero attached hydrogens (tertiary/aromatic N) is 2. The summed E-state index contributed by atoms with van der Waals surface area (Å²) in [6, 6.07) is 9.67. The Hall–Kier alpha value is -2.60. The molecule has 0 saturated carbocycles. The number of rotatable bonds is 5. The van der Waals surface area contributed by atoms with Gasteiger partial charge >= 0.3 is 0 Å². The van der Waals surface area contributed by atoms with Gasteiger partial charge in [0.1, 0.15) is 5.75 Å². The van der Waals surface area contributed by atoms with Crippen molar-refractivity contribution in [3.05, 3.63) is 57.5 Å².